The van der Waals surface area contributed by atoms with Gasteiger partial charge >= 0.3 is 5.97 Å². The van der Waals surface area contributed by atoms with Gasteiger partial charge in [-0.3, -0.25) is 4.79 Å². The standard InChI is InChI=1S/C11H22N2O4S/c1-3-10(11(14)15)12-18(16,17)13(2)9-7-5-4-6-8-9/h9-10,12H,3-8H2,1-2H3,(H,14,15)/t10-/m1/s1. The van der Waals surface area contributed by atoms with Crippen LogP contribution in [-0.2, 0) is 15.0 Å². The lowest BCUT2D eigenvalue weighted by Crippen LogP contribution is -2.50. The van der Waals surface area contributed by atoms with Crippen molar-refractivity contribution in [2.24, 2.45) is 0 Å². The van der Waals surface area contributed by atoms with Gasteiger partial charge in [-0.1, -0.05) is 26.2 Å². The van der Waals surface area contributed by atoms with E-state index >= 15 is 0 Å². The maximum Gasteiger partial charge on any atom is 0.321 e. The lowest BCUT2D eigenvalue weighted by atomic mass is 9.96. The number of aliphatic carboxylic acids is 1. The number of rotatable bonds is 6. The molecule has 0 heterocycles. The summed E-state index contributed by atoms with van der Waals surface area (Å²) in [6, 6.07) is -1.07. The van der Waals surface area contributed by atoms with Crippen LogP contribution in [-0.4, -0.2) is 42.9 Å². The maximum absolute atomic E-state index is 12.1. The summed E-state index contributed by atoms with van der Waals surface area (Å²) >= 11 is 0. The number of nitrogens with one attached hydrogen (secondary N) is 1. The van der Waals surface area contributed by atoms with Crippen molar-refractivity contribution in [1.29, 1.82) is 0 Å². The summed E-state index contributed by atoms with van der Waals surface area (Å²) in [5, 5.41) is 8.88. The van der Waals surface area contributed by atoms with Gasteiger partial charge in [0, 0.05) is 13.1 Å². The number of hydrogen-bond donors (Lipinski definition) is 2. The van der Waals surface area contributed by atoms with Gasteiger partial charge in [0.05, 0.1) is 0 Å². The van der Waals surface area contributed by atoms with Crippen LogP contribution >= 0.6 is 0 Å². The first-order chi connectivity index (χ1) is 8.38. The van der Waals surface area contributed by atoms with E-state index in [2.05, 4.69) is 4.72 Å². The summed E-state index contributed by atoms with van der Waals surface area (Å²) in [5.41, 5.74) is 0. The van der Waals surface area contributed by atoms with Crippen LogP contribution in [0.2, 0.25) is 0 Å². The molecule has 1 saturated carbocycles. The average Bonchev–Trinajstić information content (AvgIpc) is 2.35. The highest BCUT2D eigenvalue weighted by molar-refractivity contribution is 7.87. The minimum atomic E-state index is -3.71. The number of hydrogen-bond acceptors (Lipinski definition) is 3. The summed E-state index contributed by atoms with van der Waals surface area (Å²) in [5.74, 6) is -1.14. The fourth-order valence-electron chi connectivity index (χ4n) is 2.21. The molecule has 1 rings (SSSR count). The third-order valence-corrected chi connectivity index (χ3v) is 5.10. The van der Waals surface area contributed by atoms with Crippen LogP contribution in [0.25, 0.3) is 0 Å². The Morgan fingerprint density at radius 1 is 1.39 bits per heavy atom. The number of carboxylic acid groups (broad SMARTS) is 1. The fourth-order valence-corrected chi connectivity index (χ4v) is 3.61. The molecule has 1 fully saturated rings. The van der Waals surface area contributed by atoms with E-state index in [1.807, 2.05) is 0 Å². The molecule has 0 aliphatic heterocycles. The lowest BCUT2D eigenvalue weighted by Gasteiger charge is -2.31. The van der Waals surface area contributed by atoms with E-state index in [0.29, 0.717) is 0 Å². The quantitative estimate of drug-likeness (QED) is 0.757. The normalized spacial score (nSPS) is 19.9. The minimum absolute atomic E-state index is 0.0115. The second-order valence-electron chi connectivity index (χ2n) is 4.73. The number of carbonyl (C=O) groups is 1. The van der Waals surface area contributed by atoms with E-state index in [9.17, 15) is 13.2 Å². The summed E-state index contributed by atoms with van der Waals surface area (Å²) in [6.07, 6.45) is 5.13. The van der Waals surface area contributed by atoms with Crippen LogP contribution < -0.4 is 4.72 Å². The van der Waals surface area contributed by atoms with Gasteiger partial charge in [-0.25, -0.2) is 0 Å². The molecule has 106 valence electrons. The Hall–Kier alpha value is -0.660. The molecule has 18 heavy (non-hydrogen) atoms. The Balaban J connectivity index is 2.69. The van der Waals surface area contributed by atoms with Crippen molar-refractivity contribution >= 4 is 16.2 Å². The minimum Gasteiger partial charge on any atom is -0.480 e. The molecule has 0 radical (unpaired) electrons. The van der Waals surface area contributed by atoms with Crippen molar-refractivity contribution in [2.45, 2.75) is 57.5 Å². The molecule has 0 amide bonds. The van der Waals surface area contributed by atoms with E-state index < -0.39 is 22.2 Å². The highest BCUT2D eigenvalue weighted by Gasteiger charge is 2.30. The Bertz CT molecular complexity index is 377. The topological polar surface area (TPSA) is 86.7 Å². The van der Waals surface area contributed by atoms with Gasteiger partial charge in [0.2, 0.25) is 0 Å². The monoisotopic (exact) mass is 278 g/mol. The molecule has 1 aliphatic carbocycles. The van der Waals surface area contributed by atoms with Gasteiger partial charge in [-0.05, 0) is 19.3 Å². The summed E-state index contributed by atoms with van der Waals surface area (Å²) < 4.78 is 27.6. The number of nitrogens with zero attached hydrogens (tertiary/aromatic N) is 1. The van der Waals surface area contributed by atoms with Crippen molar-refractivity contribution in [3.05, 3.63) is 0 Å². The van der Waals surface area contributed by atoms with E-state index in [1.54, 1.807) is 6.92 Å². The van der Waals surface area contributed by atoms with Crippen LogP contribution in [0.3, 0.4) is 0 Å². The Morgan fingerprint density at radius 3 is 2.39 bits per heavy atom. The molecule has 2 N–H and O–H groups in total. The zero-order chi connectivity index (χ0) is 13.8. The third kappa shape index (κ3) is 3.93. The summed E-state index contributed by atoms with van der Waals surface area (Å²) in [7, 11) is -2.19. The first-order valence-corrected chi connectivity index (χ1v) is 7.80. The molecule has 0 saturated heterocycles. The van der Waals surface area contributed by atoms with Crippen LogP contribution in [0.15, 0.2) is 0 Å². The van der Waals surface area contributed by atoms with Crippen LogP contribution in [0, 0.1) is 0 Å². The number of carboxylic acids is 1. The fraction of sp³-hybridized carbons (Fsp3) is 0.909. The van der Waals surface area contributed by atoms with E-state index in [0.717, 1.165) is 32.1 Å². The average molecular weight is 278 g/mol. The largest absolute Gasteiger partial charge is 0.480 e. The molecular formula is C11H22N2O4S. The highest BCUT2D eigenvalue weighted by atomic mass is 32.2. The first-order valence-electron chi connectivity index (χ1n) is 6.36. The Kier molecular flexibility index (Phi) is 5.55. The predicted molar refractivity (Wildman–Crippen MR) is 68.4 cm³/mol. The smallest absolute Gasteiger partial charge is 0.321 e. The van der Waals surface area contributed by atoms with Crippen molar-refractivity contribution < 1.29 is 18.3 Å². The van der Waals surface area contributed by atoms with Crippen LogP contribution in [0.4, 0.5) is 0 Å². The molecule has 0 spiro atoms. The first kappa shape index (κ1) is 15.4. The lowest BCUT2D eigenvalue weighted by molar-refractivity contribution is -0.139. The molecule has 7 heteroatoms. The Labute approximate surface area is 109 Å². The predicted octanol–water partition coefficient (Wildman–Crippen LogP) is 0.948. The molecule has 0 bridgehead atoms. The molecule has 6 nitrogen and oxygen atoms in total. The van der Waals surface area contributed by atoms with Gasteiger partial charge in [0.1, 0.15) is 6.04 Å². The SMILES string of the molecule is CC[C@@H](NS(=O)(=O)N(C)C1CCCCC1)C(=O)O. The maximum atomic E-state index is 12.1. The third-order valence-electron chi connectivity index (χ3n) is 3.47. The van der Waals surface area contributed by atoms with Crippen molar-refractivity contribution in [3.8, 4) is 0 Å². The zero-order valence-electron chi connectivity index (χ0n) is 10.9. The summed E-state index contributed by atoms with van der Waals surface area (Å²) in [4.78, 5) is 10.9. The van der Waals surface area contributed by atoms with Crippen LogP contribution in [0.1, 0.15) is 45.4 Å². The van der Waals surface area contributed by atoms with Crippen LogP contribution in [0.5, 0.6) is 0 Å². The molecule has 1 atom stereocenters. The molecule has 0 aromatic heterocycles. The van der Waals surface area contributed by atoms with Gasteiger partial charge in [-0.15, -0.1) is 0 Å². The van der Waals surface area contributed by atoms with Gasteiger partial charge in [0.25, 0.3) is 10.2 Å². The molecular weight excluding hydrogens is 256 g/mol. The molecule has 0 unspecified atom stereocenters. The van der Waals surface area contributed by atoms with E-state index in [1.165, 1.54) is 11.4 Å². The molecule has 0 aromatic rings. The second kappa shape index (κ2) is 6.49. The Morgan fingerprint density at radius 2 is 1.94 bits per heavy atom. The highest BCUT2D eigenvalue weighted by Crippen LogP contribution is 2.23. The van der Waals surface area contributed by atoms with Crippen molar-refractivity contribution in [2.75, 3.05) is 7.05 Å². The summed E-state index contributed by atoms with van der Waals surface area (Å²) in [6.45, 7) is 1.64. The molecule has 0 aromatic carbocycles. The second-order valence-corrected chi connectivity index (χ2v) is 6.49. The van der Waals surface area contributed by atoms with E-state index in [4.69, 9.17) is 5.11 Å². The van der Waals surface area contributed by atoms with Gasteiger partial charge < -0.3 is 5.11 Å². The van der Waals surface area contributed by atoms with Crippen molar-refractivity contribution in [3.63, 3.8) is 0 Å². The van der Waals surface area contributed by atoms with Gasteiger partial charge in [0.15, 0.2) is 0 Å². The van der Waals surface area contributed by atoms with E-state index in [-0.39, 0.29) is 12.5 Å². The molecule has 1 aliphatic rings. The van der Waals surface area contributed by atoms with Crippen molar-refractivity contribution in [1.82, 2.24) is 9.03 Å². The van der Waals surface area contributed by atoms with Gasteiger partial charge in [-0.2, -0.15) is 17.4 Å². The zero-order valence-corrected chi connectivity index (χ0v) is 11.7.